The molecule has 1 amide bonds. The van der Waals surface area contributed by atoms with E-state index in [1.807, 2.05) is 42.5 Å². The molecule has 0 aliphatic carbocycles. The molecule has 0 saturated heterocycles. The molecule has 0 radical (unpaired) electrons. The van der Waals surface area contributed by atoms with Gasteiger partial charge in [-0.15, -0.1) is 0 Å². The Morgan fingerprint density at radius 3 is 2.52 bits per heavy atom. The number of amides is 1. The van der Waals surface area contributed by atoms with Crippen molar-refractivity contribution in [1.29, 1.82) is 0 Å². The summed E-state index contributed by atoms with van der Waals surface area (Å²) in [7, 11) is 0. The van der Waals surface area contributed by atoms with Crippen LogP contribution in [0.3, 0.4) is 0 Å². The van der Waals surface area contributed by atoms with E-state index in [1.165, 1.54) is 17.7 Å². The van der Waals surface area contributed by atoms with E-state index in [-0.39, 0.29) is 17.8 Å². The average Bonchev–Trinajstić information content (AvgIpc) is 2.80. The van der Waals surface area contributed by atoms with Gasteiger partial charge in [0.2, 0.25) is 5.91 Å². The Hall–Kier alpha value is -3.34. The SMILES string of the molecule is O=C(C[C@@H]1COc2ccccc2N1Cc1ccc(F)cc1)NCCCc1ccccc1. The third-order valence-corrected chi connectivity index (χ3v) is 5.54. The Morgan fingerprint density at radius 2 is 1.71 bits per heavy atom. The first-order chi connectivity index (χ1) is 15.2. The van der Waals surface area contributed by atoms with E-state index in [0.717, 1.165) is 29.8 Å². The zero-order valence-electron chi connectivity index (χ0n) is 17.5. The molecule has 4 rings (SSSR count). The summed E-state index contributed by atoms with van der Waals surface area (Å²) in [6.45, 7) is 1.68. The summed E-state index contributed by atoms with van der Waals surface area (Å²) in [6.07, 6.45) is 2.19. The largest absolute Gasteiger partial charge is 0.489 e. The fourth-order valence-electron chi connectivity index (χ4n) is 3.91. The molecule has 5 heteroatoms. The molecule has 1 atom stereocenters. The number of rotatable bonds is 8. The van der Waals surface area contributed by atoms with Crippen molar-refractivity contribution in [3.05, 3.63) is 95.8 Å². The maximum Gasteiger partial charge on any atom is 0.222 e. The van der Waals surface area contributed by atoms with Gasteiger partial charge in [-0.05, 0) is 48.2 Å². The Bertz CT molecular complexity index is 992. The first kappa shape index (κ1) is 20.9. The van der Waals surface area contributed by atoms with Crippen LogP contribution in [-0.4, -0.2) is 25.1 Å². The minimum Gasteiger partial charge on any atom is -0.489 e. The molecule has 1 N–H and O–H groups in total. The highest BCUT2D eigenvalue weighted by molar-refractivity contribution is 5.77. The Kier molecular flexibility index (Phi) is 6.82. The van der Waals surface area contributed by atoms with Gasteiger partial charge >= 0.3 is 0 Å². The molecule has 0 saturated carbocycles. The van der Waals surface area contributed by atoms with Gasteiger partial charge < -0.3 is 15.0 Å². The van der Waals surface area contributed by atoms with E-state index in [0.29, 0.717) is 26.1 Å². The molecule has 0 fully saturated rings. The monoisotopic (exact) mass is 418 g/mol. The van der Waals surface area contributed by atoms with Gasteiger partial charge in [-0.1, -0.05) is 54.6 Å². The third-order valence-electron chi connectivity index (χ3n) is 5.54. The van der Waals surface area contributed by atoms with Gasteiger partial charge in [0.1, 0.15) is 18.2 Å². The number of carbonyl (C=O) groups excluding carboxylic acids is 1. The smallest absolute Gasteiger partial charge is 0.222 e. The van der Waals surface area contributed by atoms with Crippen LogP contribution in [0.25, 0.3) is 0 Å². The van der Waals surface area contributed by atoms with Crippen molar-refractivity contribution in [2.24, 2.45) is 0 Å². The summed E-state index contributed by atoms with van der Waals surface area (Å²) >= 11 is 0. The van der Waals surface area contributed by atoms with E-state index in [1.54, 1.807) is 12.1 Å². The number of anilines is 1. The van der Waals surface area contributed by atoms with Gasteiger partial charge in [-0.25, -0.2) is 4.39 Å². The zero-order valence-corrected chi connectivity index (χ0v) is 17.5. The predicted molar refractivity (Wildman–Crippen MR) is 121 cm³/mol. The van der Waals surface area contributed by atoms with E-state index in [4.69, 9.17) is 4.74 Å². The number of hydrogen-bond acceptors (Lipinski definition) is 3. The summed E-state index contributed by atoms with van der Waals surface area (Å²) in [6, 6.07) is 24.5. The lowest BCUT2D eigenvalue weighted by molar-refractivity contribution is -0.121. The maximum atomic E-state index is 13.3. The number of benzene rings is 3. The lowest BCUT2D eigenvalue weighted by atomic mass is 10.1. The van der Waals surface area contributed by atoms with Gasteiger partial charge in [0.15, 0.2) is 0 Å². The second-order valence-electron chi connectivity index (χ2n) is 7.83. The quantitative estimate of drug-likeness (QED) is 0.538. The van der Waals surface area contributed by atoms with E-state index >= 15 is 0 Å². The molecular formula is C26H27FN2O2. The summed E-state index contributed by atoms with van der Waals surface area (Å²) in [5.74, 6) is 0.576. The zero-order chi connectivity index (χ0) is 21.5. The number of carbonyl (C=O) groups is 1. The molecular weight excluding hydrogens is 391 g/mol. The van der Waals surface area contributed by atoms with E-state index < -0.39 is 0 Å². The molecule has 4 nitrogen and oxygen atoms in total. The predicted octanol–water partition coefficient (Wildman–Crippen LogP) is 4.73. The molecule has 1 aliphatic heterocycles. The van der Waals surface area contributed by atoms with Gasteiger partial charge in [0.05, 0.1) is 18.2 Å². The highest BCUT2D eigenvalue weighted by Crippen LogP contribution is 2.35. The number of para-hydroxylation sites is 2. The number of fused-ring (bicyclic) bond motifs is 1. The first-order valence-electron chi connectivity index (χ1n) is 10.7. The molecule has 160 valence electrons. The first-order valence-corrected chi connectivity index (χ1v) is 10.7. The van der Waals surface area contributed by atoms with Crippen molar-refractivity contribution in [1.82, 2.24) is 5.32 Å². The van der Waals surface area contributed by atoms with Crippen LogP contribution in [0.1, 0.15) is 24.0 Å². The van der Waals surface area contributed by atoms with Gasteiger partial charge in [0, 0.05) is 13.1 Å². The minimum absolute atomic E-state index is 0.0187. The van der Waals surface area contributed by atoms with Crippen molar-refractivity contribution >= 4 is 11.6 Å². The normalized spacial score (nSPS) is 15.1. The Morgan fingerprint density at radius 1 is 0.968 bits per heavy atom. The van der Waals surface area contributed by atoms with Crippen LogP contribution in [-0.2, 0) is 17.8 Å². The van der Waals surface area contributed by atoms with E-state index in [2.05, 4.69) is 22.3 Å². The van der Waals surface area contributed by atoms with Gasteiger partial charge in [-0.2, -0.15) is 0 Å². The second kappa shape index (κ2) is 10.1. The molecule has 1 aliphatic rings. The van der Waals surface area contributed by atoms with Crippen LogP contribution in [0.4, 0.5) is 10.1 Å². The summed E-state index contributed by atoms with van der Waals surface area (Å²) in [4.78, 5) is 14.8. The third kappa shape index (κ3) is 5.63. The van der Waals surface area contributed by atoms with Crippen molar-refractivity contribution < 1.29 is 13.9 Å². The van der Waals surface area contributed by atoms with Crippen LogP contribution < -0.4 is 15.0 Å². The number of hydrogen-bond donors (Lipinski definition) is 1. The van der Waals surface area contributed by atoms with E-state index in [9.17, 15) is 9.18 Å². The fraction of sp³-hybridized carbons (Fsp3) is 0.269. The van der Waals surface area contributed by atoms with Crippen LogP contribution in [0.5, 0.6) is 5.75 Å². The minimum atomic E-state index is -0.252. The van der Waals surface area contributed by atoms with Crippen LogP contribution in [0.2, 0.25) is 0 Å². The highest BCUT2D eigenvalue weighted by Gasteiger charge is 2.29. The maximum absolute atomic E-state index is 13.3. The topological polar surface area (TPSA) is 41.6 Å². The highest BCUT2D eigenvalue weighted by atomic mass is 19.1. The van der Waals surface area contributed by atoms with Crippen LogP contribution in [0.15, 0.2) is 78.9 Å². The molecule has 0 spiro atoms. The molecule has 0 aromatic heterocycles. The number of nitrogens with zero attached hydrogens (tertiary/aromatic N) is 1. The standard InChI is InChI=1S/C26H27FN2O2/c27-22-14-12-21(13-15-22)18-29-23(19-31-25-11-5-4-10-24(25)29)17-26(30)28-16-6-9-20-7-2-1-3-8-20/h1-5,7-8,10-15,23H,6,9,16-19H2,(H,28,30)/t23-/m1/s1. The number of nitrogens with one attached hydrogen (secondary N) is 1. The van der Waals surface area contributed by atoms with Crippen molar-refractivity contribution in [3.8, 4) is 5.75 Å². The number of halogens is 1. The average molecular weight is 419 g/mol. The lowest BCUT2D eigenvalue weighted by Crippen LogP contribution is -2.45. The number of ether oxygens (including phenoxy) is 1. The molecule has 3 aromatic rings. The summed E-state index contributed by atoms with van der Waals surface area (Å²) in [5.41, 5.74) is 3.23. The van der Waals surface area contributed by atoms with Gasteiger partial charge in [-0.3, -0.25) is 4.79 Å². The van der Waals surface area contributed by atoms with Crippen molar-refractivity contribution in [2.45, 2.75) is 31.8 Å². The molecule has 31 heavy (non-hydrogen) atoms. The lowest BCUT2D eigenvalue weighted by Gasteiger charge is -2.38. The second-order valence-corrected chi connectivity index (χ2v) is 7.83. The molecule has 3 aromatic carbocycles. The van der Waals surface area contributed by atoms with Crippen molar-refractivity contribution in [3.63, 3.8) is 0 Å². The van der Waals surface area contributed by atoms with Gasteiger partial charge in [0.25, 0.3) is 0 Å². The molecule has 0 bridgehead atoms. The van der Waals surface area contributed by atoms with Crippen LogP contribution >= 0.6 is 0 Å². The van der Waals surface area contributed by atoms with Crippen molar-refractivity contribution in [2.75, 3.05) is 18.1 Å². The fourth-order valence-corrected chi connectivity index (χ4v) is 3.91. The Balaban J connectivity index is 1.37. The number of aryl methyl sites for hydroxylation is 1. The Labute approximate surface area is 182 Å². The van der Waals surface area contributed by atoms with Crippen LogP contribution in [0, 0.1) is 5.82 Å². The molecule has 1 heterocycles. The molecule has 0 unspecified atom stereocenters. The summed E-state index contributed by atoms with van der Waals surface area (Å²) < 4.78 is 19.2. The summed E-state index contributed by atoms with van der Waals surface area (Å²) in [5, 5.41) is 3.05.